The number of nitrogens with two attached hydrogens (primary N) is 1. The largest absolute Gasteiger partial charge is 0.370 e. The van der Waals surface area contributed by atoms with E-state index in [9.17, 15) is 4.79 Å². The lowest BCUT2D eigenvalue weighted by Gasteiger charge is -2.12. The van der Waals surface area contributed by atoms with E-state index in [-0.39, 0.29) is 35.9 Å². The van der Waals surface area contributed by atoms with Gasteiger partial charge in [-0.3, -0.25) is 9.79 Å². The van der Waals surface area contributed by atoms with Crippen LogP contribution in [0.2, 0.25) is 0 Å². The number of nitrogens with one attached hydrogen (secondary N) is 2. The van der Waals surface area contributed by atoms with Crippen molar-refractivity contribution in [2.24, 2.45) is 10.7 Å². The molecule has 0 heterocycles. The average molecular weight is 390 g/mol. The first-order valence-electron chi connectivity index (χ1n) is 6.42. The van der Waals surface area contributed by atoms with Gasteiger partial charge in [0.2, 0.25) is 0 Å². The second kappa shape index (κ2) is 9.57. The van der Waals surface area contributed by atoms with E-state index in [1.807, 2.05) is 32.0 Å². The van der Waals surface area contributed by atoms with E-state index in [0.717, 1.165) is 12.0 Å². The van der Waals surface area contributed by atoms with E-state index in [1.54, 1.807) is 13.1 Å². The average Bonchev–Trinajstić information content (AvgIpc) is 2.44. The van der Waals surface area contributed by atoms with Crippen molar-refractivity contribution >= 4 is 35.8 Å². The predicted molar refractivity (Wildman–Crippen MR) is 93.5 cm³/mol. The zero-order valence-electron chi connectivity index (χ0n) is 12.1. The van der Waals surface area contributed by atoms with Gasteiger partial charge in [-0.2, -0.15) is 0 Å². The van der Waals surface area contributed by atoms with Crippen LogP contribution in [0.3, 0.4) is 0 Å². The van der Waals surface area contributed by atoms with Gasteiger partial charge >= 0.3 is 0 Å². The maximum Gasteiger partial charge on any atom is 0.251 e. The van der Waals surface area contributed by atoms with Crippen molar-refractivity contribution in [2.45, 2.75) is 32.9 Å². The Morgan fingerprint density at radius 1 is 1.45 bits per heavy atom. The number of aliphatic imine (C=N–C) groups is 1. The molecular formula is C14H23IN4O. The standard InChI is InChI=1S/C14H22N4O.HI/c1-4-10(2)18-13(19)12-7-5-6-11(8-12)9-17-14(15)16-3;/h5-8,10H,4,9H2,1-3H3,(H,18,19)(H3,15,16,17);1H. The van der Waals surface area contributed by atoms with Gasteiger partial charge in [0, 0.05) is 25.2 Å². The van der Waals surface area contributed by atoms with E-state index >= 15 is 0 Å². The molecule has 0 saturated carbocycles. The predicted octanol–water partition coefficient (Wildman–Crippen LogP) is 1.87. The molecule has 20 heavy (non-hydrogen) atoms. The van der Waals surface area contributed by atoms with Crippen LogP contribution in [0, 0.1) is 0 Å². The van der Waals surface area contributed by atoms with Crippen molar-refractivity contribution in [1.29, 1.82) is 0 Å². The third-order valence-corrected chi connectivity index (χ3v) is 2.89. The Morgan fingerprint density at radius 3 is 2.75 bits per heavy atom. The normalized spacial score (nSPS) is 12.2. The number of guanidine groups is 1. The molecule has 0 spiro atoms. The second-order valence-corrected chi connectivity index (χ2v) is 4.45. The first-order chi connectivity index (χ1) is 9.06. The maximum absolute atomic E-state index is 12.0. The van der Waals surface area contributed by atoms with Crippen molar-refractivity contribution in [1.82, 2.24) is 10.6 Å². The summed E-state index contributed by atoms with van der Waals surface area (Å²) in [7, 11) is 1.62. The summed E-state index contributed by atoms with van der Waals surface area (Å²) < 4.78 is 0. The fourth-order valence-corrected chi connectivity index (χ4v) is 1.50. The van der Waals surface area contributed by atoms with Crippen LogP contribution < -0.4 is 16.4 Å². The van der Waals surface area contributed by atoms with Crippen LogP contribution in [0.15, 0.2) is 29.3 Å². The molecule has 0 aromatic heterocycles. The highest BCUT2D eigenvalue weighted by molar-refractivity contribution is 14.0. The number of rotatable bonds is 5. The van der Waals surface area contributed by atoms with Crippen molar-refractivity contribution in [3.63, 3.8) is 0 Å². The Morgan fingerprint density at radius 2 is 2.15 bits per heavy atom. The molecule has 0 fully saturated rings. The van der Waals surface area contributed by atoms with Crippen molar-refractivity contribution in [3.05, 3.63) is 35.4 Å². The van der Waals surface area contributed by atoms with Crippen LogP contribution in [0.4, 0.5) is 0 Å². The minimum atomic E-state index is -0.0478. The Bertz CT molecular complexity index is 462. The van der Waals surface area contributed by atoms with Gasteiger partial charge < -0.3 is 16.4 Å². The van der Waals surface area contributed by atoms with Gasteiger partial charge in [0.15, 0.2) is 5.96 Å². The highest BCUT2D eigenvalue weighted by atomic mass is 127. The fraction of sp³-hybridized carbons (Fsp3) is 0.429. The van der Waals surface area contributed by atoms with Crippen LogP contribution in [0.25, 0.3) is 0 Å². The summed E-state index contributed by atoms with van der Waals surface area (Å²) in [5.41, 5.74) is 7.21. The fourth-order valence-electron chi connectivity index (χ4n) is 1.50. The molecule has 0 aliphatic carbocycles. The molecule has 1 atom stereocenters. The molecule has 0 aliphatic rings. The van der Waals surface area contributed by atoms with Gasteiger partial charge in [-0.25, -0.2) is 0 Å². The highest BCUT2D eigenvalue weighted by Gasteiger charge is 2.08. The van der Waals surface area contributed by atoms with Gasteiger partial charge in [-0.1, -0.05) is 19.1 Å². The molecule has 1 unspecified atom stereocenters. The van der Waals surface area contributed by atoms with Gasteiger partial charge in [-0.05, 0) is 31.0 Å². The topological polar surface area (TPSA) is 79.5 Å². The quantitative estimate of drug-likeness (QED) is 0.408. The van der Waals surface area contributed by atoms with E-state index in [0.29, 0.717) is 18.1 Å². The Hall–Kier alpha value is -1.31. The van der Waals surface area contributed by atoms with E-state index in [2.05, 4.69) is 15.6 Å². The highest BCUT2D eigenvalue weighted by Crippen LogP contribution is 2.06. The van der Waals surface area contributed by atoms with E-state index in [1.165, 1.54) is 0 Å². The Kier molecular flexibility index (Phi) is 8.94. The number of carbonyl (C=O) groups excluding carboxylic acids is 1. The molecule has 6 heteroatoms. The van der Waals surface area contributed by atoms with Gasteiger partial charge in [0.1, 0.15) is 0 Å². The number of hydrogen-bond acceptors (Lipinski definition) is 2. The summed E-state index contributed by atoms with van der Waals surface area (Å²) in [4.78, 5) is 15.8. The third kappa shape index (κ3) is 6.23. The zero-order valence-corrected chi connectivity index (χ0v) is 14.5. The van der Waals surface area contributed by atoms with Crippen LogP contribution >= 0.6 is 24.0 Å². The van der Waals surface area contributed by atoms with E-state index in [4.69, 9.17) is 5.73 Å². The summed E-state index contributed by atoms with van der Waals surface area (Å²) in [5, 5.41) is 5.90. The molecule has 0 radical (unpaired) electrons. The smallest absolute Gasteiger partial charge is 0.251 e. The summed E-state index contributed by atoms with van der Waals surface area (Å²) in [6.07, 6.45) is 0.913. The Labute approximate surface area is 137 Å². The molecule has 112 valence electrons. The zero-order chi connectivity index (χ0) is 14.3. The van der Waals surface area contributed by atoms with Crippen molar-refractivity contribution in [2.75, 3.05) is 7.05 Å². The number of halogens is 1. The van der Waals surface area contributed by atoms with Gasteiger partial charge in [-0.15, -0.1) is 24.0 Å². The van der Waals surface area contributed by atoms with E-state index < -0.39 is 0 Å². The molecule has 1 amide bonds. The van der Waals surface area contributed by atoms with Crippen LogP contribution in [-0.4, -0.2) is 25.0 Å². The lowest BCUT2D eigenvalue weighted by molar-refractivity contribution is 0.0939. The first-order valence-corrected chi connectivity index (χ1v) is 6.42. The number of nitrogens with zero attached hydrogens (tertiary/aromatic N) is 1. The van der Waals surface area contributed by atoms with Crippen LogP contribution in [0.5, 0.6) is 0 Å². The lowest BCUT2D eigenvalue weighted by atomic mass is 10.1. The SMILES string of the molecule is CCC(C)NC(=O)c1cccc(CNC(N)=NC)c1.I. The second-order valence-electron chi connectivity index (χ2n) is 4.45. The first kappa shape index (κ1) is 18.7. The molecule has 0 saturated heterocycles. The maximum atomic E-state index is 12.0. The van der Waals surface area contributed by atoms with Crippen molar-refractivity contribution in [3.8, 4) is 0 Å². The molecule has 0 aliphatic heterocycles. The van der Waals surface area contributed by atoms with Gasteiger partial charge in [0.05, 0.1) is 0 Å². The number of hydrogen-bond donors (Lipinski definition) is 3. The molecule has 1 aromatic rings. The monoisotopic (exact) mass is 390 g/mol. The molecule has 5 nitrogen and oxygen atoms in total. The minimum Gasteiger partial charge on any atom is -0.370 e. The molecule has 0 bridgehead atoms. The van der Waals surface area contributed by atoms with Crippen LogP contribution in [-0.2, 0) is 6.54 Å². The number of carbonyl (C=O) groups is 1. The Balaban J connectivity index is 0.00000361. The minimum absolute atomic E-state index is 0. The summed E-state index contributed by atoms with van der Waals surface area (Å²) in [5.74, 6) is 0.336. The van der Waals surface area contributed by atoms with Crippen molar-refractivity contribution < 1.29 is 4.79 Å². The molecule has 4 N–H and O–H groups in total. The van der Waals surface area contributed by atoms with Crippen LogP contribution in [0.1, 0.15) is 36.2 Å². The summed E-state index contributed by atoms with van der Waals surface area (Å²) in [6, 6.07) is 7.64. The number of benzene rings is 1. The summed E-state index contributed by atoms with van der Waals surface area (Å²) >= 11 is 0. The number of amides is 1. The molecular weight excluding hydrogens is 367 g/mol. The third-order valence-electron chi connectivity index (χ3n) is 2.89. The van der Waals surface area contributed by atoms with Gasteiger partial charge in [0.25, 0.3) is 5.91 Å². The molecule has 1 aromatic carbocycles. The molecule has 1 rings (SSSR count). The summed E-state index contributed by atoms with van der Waals surface area (Å²) in [6.45, 7) is 4.58. The lowest BCUT2D eigenvalue weighted by Crippen LogP contribution is -2.32.